The Balaban J connectivity index is 3.54. The van der Waals surface area contributed by atoms with Gasteiger partial charge < -0.3 is 30.7 Å². The quantitative estimate of drug-likeness (QED) is 0.103. The van der Waals surface area contributed by atoms with E-state index < -0.39 is 41.7 Å². The number of hydrogen-bond acceptors (Lipinski definition) is 10. The molecule has 0 aromatic carbocycles. The first-order valence-corrected chi connectivity index (χ1v) is 10.6. The number of ether oxygens (including phenoxy) is 2. The molecule has 186 valence electrons. The van der Waals surface area contributed by atoms with Gasteiger partial charge in [0.15, 0.2) is 0 Å². The molecule has 4 N–H and O–H groups in total. The Morgan fingerprint density at radius 3 is 1.66 bits per heavy atom. The molecule has 0 aliphatic carbocycles. The van der Waals surface area contributed by atoms with Crippen LogP contribution in [-0.4, -0.2) is 70.2 Å². The topological polar surface area (TPSA) is 153 Å². The lowest BCUT2D eigenvalue weighted by Crippen LogP contribution is -2.38. The van der Waals surface area contributed by atoms with Crippen molar-refractivity contribution < 1.29 is 38.4 Å². The lowest BCUT2D eigenvalue weighted by atomic mass is 9.91. The first kappa shape index (κ1) is 29.4. The van der Waals surface area contributed by atoms with Crippen molar-refractivity contribution in [1.29, 1.82) is 0 Å². The summed E-state index contributed by atoms with van der Waals surface area (Å²) in [6.45, 7) is 12.8. The van der Waals surface area contributed by atoms with Crippen molar-refractivity contribution >= 4 is 24.1 Å². The average Bonchev–Trinajstić information content (AvgIpc) is 2.72. The van der Waals surface area contributed by atoms with Gasteiger partial charge in [-0.1, -0.05) is 6.92 Å². The molecule has 0 atom stereocenters. The summed E-state index contributed by atoms with van der Waals surface area (Å²) in [4.78, 5) is 55.0. The molecular weight excluding hydrogens is 424 g/mol. The predicted molar refractivity (Wildman–Crippen MR) is 115 cm³/mol. The van der Waals surface area contributed by atoms with Gasteiger partial charge in [-0.15, -0.1) is 0 Å². The molecule has 0 aromatic rings. The molecule has 12 nitrogen and oxygen atoms in total. The van der Waals surface area contributed by atoms with Crippen LogP contribution in [0.15, 0.2) is 0 Å². The largest absolute Gasteiger partial charge is 0.450 e. The van der Waals surface area contributed by atoms with E-state index >= 15 is 0 Å². The lowest BCUT2D eigenvalue weighted by Gasteiger charge is -2.18. The summed E-state index contributed by atoms with van der Waals surface area (Å²) in [5, 5.41) is 11.2. The van der Waals surface area contributed by atoms with Crippen LogP contribution in [0.5, 0.6) is 0 Å². The molecule has 0 unspecified atom stereocenters. The summed E-state index contributed by atoms with van der Waals surface area (Å²) in [7, 11) is 0. The van der Waals surface area contributed by atoms with E-state index in [0.717, 1.165) is 0 Å². The third kappa shape index (κ3) is 14.4. The van der Waals surface area contributed by atoms with Gasteiger partial charge in [0.25, 0.3) is 0 Å². The summed E-state index contributed by atoms with van der Waals surface area (Å²) in [5.41, 5.74) is -1.37. The Morgan fingerprint density at radius 1 is 0.656 bits per heavy atom. The van der Waals surface area contributed by atoms with Crippen molar-refractivity contribution in [1.82, 2.24) is 21.3 Å². The van der Waals surface area contributed by atoms with Gasteiger partial charge in [-0.3, -0.25) is 4.79 Å². The Labute approximate surface area is 189 Å². The summed E-state index contributed by atoms with van der Waals surface area (Å²) < 4.78 is 9.57. The minimum Gasteiger partial charge on any atom is -0.427 e. The standard InChI is InChI=1S/C20H38N4O8/c1-7-20(5,6)16(26)31-32-18(28)24-13-11-22-9-8-21-10-12-23-17(27)30-14-29-15(25)19(2,3)4/h21-22H,7-14H2,1-6H3,(H,23,27)(H,24,28). The molecule has 2 amide bonds. The van der Waals surface area contributed by atoms with Gasteiger partial charge in [0.1, 0.15) is 0 Å². The van der Waals surface area contributed by atoms with Crippen LogP contribution in [0.4, 0.5) is 9.59 Å². The van der Waals surface area contributed by atoms with Crippen molar-refractivity contribution in [2.75, 3.05) is 46.1 Å². The molecule has 0 bridgehead atoms. The third-order valence-corrected chi connectivity index (χ3v) is 4.24. The van der Waals surface area contributed by atoms with Gasteiger partial charge in [-0.25, -0.2) is 24.2 Å². The molecule has 0 aliphatic rings. The number of nitrogens with one attached hydrogen (secondary N) is 4. The fourth-order valence-corrected chi connectivity index (χ4v) is 1.70. The number of rotatable bonds is 13. The van der Waals surface area contributed by atoms with Crippen LogP contribution in [0.3, 0.4) is 0 Å². The lowest BCUT2D eigenvalue weighted by molar-refractivity contribution is -0.241. The second kappa shape index (κ2) is 15.2. The molecule has 0 saturated carbocycles. The van der Waals surface area contributed by atoms with Gasteiger partial charge >= 0.3 is 24.1 Å². The van der Waals surface area contributed by atoms with Crippen LogP contribution in [0.1, 0.15) is 48.0 Å². The number of carbonyl (C=O) groups excluding carboxylic acids is 4. The maximum atomic E-state index is 11.7. The monoisotopic (exact) mass is 462 g/mol. The van der Waals surface area contributed by atoms with Gasteiger partial charge in [-0.2, -0.15) is 0 Å². The van der Waals surface area contributed by atoms with E-state index in [1.165, 1.54) is 0 Å². The first-order chi connectivity index (χ1) is 14.9. The van der Waals surface area contributed by atoms with Crippen molar-refractivity contribution in [2.45, 2.75) is 48.0 Å². The van der Waals surface area contributed by atoms with E-state index in [4.69, 9.17) is 9.47 Å². The smallest absolute Gasteiger partial charge is 0.427 e. The maximum absolute atomic E-state index is 11.7. The van der Waals surface area contributed by atoms with E-state index in [2.05, 4.69) is 31.0 Å². The zero-order valence-electron chi connectivity index (χ0n) is 19.9. The van der Waals surface area contributed by atoms with E-state index in [1.807, 2.05) is 6.92 Å². The van der Waals surface area contributed by atoms with Crippen LogP contribution in [0, 0.1) is 10.8 Å². The van der Waals surface area contributed by atoms with E-state index in [-0.39, 0.29) is 0 Å². The molecule has 0 fully saturated rings. The highest BCUT2D eigenvalue weighted by atomic mass is 17.2. The highest BCUT2D eigenvalue weighted by Crippen LogP contribution is 2.21. The van der Waals surface area contributed by atoms with Crippen LogP contribution in [0.2, 0.25) is 0 Å². The molecule has 0 spiro atoms. The van der Waals surface area contributed by atoms with Crippen LogP contribution in [0.25, 0.3) is 0 Å². The Hall–Kier alpha value is -2.60. The summed E-state index contributed by atoms with van der Waals surface area (Å²) in [5.74, 6) is -1.06. The minimum absolute atomic E-state index is 0.292. The number of hydrogen-bond donors (Lipinski definition) is 4. The number of esters is 1. The van der Waals surface area contributed by atoms with Crippen molar-refractivity contribution in [3.05, 3.63) is 0 Å². The Morgan fingerprint density at radius 2 is 1.16 bits per heavy atom. The van der Waals surface area contributed by atoms with Crippen LogP contribution >= 0.6 is 0 Å². The number of amides is 2. The molecular formula is C20H38N4O8. The summed E-state index contributed by atoms with van der Waals surface area (Å²) >= 11 is 0. The molecule has 0 aromatic heterocycles. The Bertz CT molecular complexity index is 605. The fourth-order valence-electron chi connectivity index (χ4n) is 1.70. The first-order valence-electron chi connectivity index (χ1n) is 10.6. The molecule has 0 heterocycles. The molecule has 32 heavy (non-hydrogen) atoms. The van der Waals surface area contributed by atoms with Crippen LogP contribution < -0.4 is 21.3 Å². The zero-order valence-corrected chi connectivity index (χ0v) is 19.9. The van der Waals surface area contributed by atoms with E-state index in [1.54, 1.807) is 34.6 Å². The fraction of sp³-hybridized carbons (Fsp3) is 0.800. The van der Waals surface area contributed by atoms with Crippen molar-refractivity contribution in [3.8, 4) is 0 Å². The van der Waals surface area contributed by atoms with Gasteiger partial charge in [-0.05, 0) is 41.0 Å². The molecule has 0 saturated heterocycles. The SMILES string of the molecule is CCC(C)(C)C(=O)OOC(=O)NCCNCCNCCNC(=O)OCOC(=O)C(C)(C)C. The molecule has 0 rings (SSSR count). The highest BCUT2D eigenvalue weighted by molar-refractivity contribution is 5.76. The summed E-state index contributed by atoms with van der Waals surface area (Å²) in [6, 6.07) is 0. The minimum atomic E-state index is -0.837. The molecule has 12 heteroatoms. The van der Waals surface area contributed by atoms with E-state index in [0.29, 0.717) is 45.7 Å². The van der Waals surface area contributed by atoms with Gasteiger partial charge in [0, 0.05) is 39.3 Å². The highest BCUT2D eigenvalue weighted by Gasteiger charge is 2.29. The van der Waals surface area contributed by atoms with E-state index in [9.17, 15) is 19.2 Å². The zero-order chi connectivity index (χ0) is 24.6. The predicted octanol–water partition coefficient (Wildman–Crippen LogP) is 1.06. The normalized spacial score (nSPS) is 11.3. The number of carbonyl (C=O) groups is 4. The van der Waals surface area contributed by atoms with Crippen molar-refractivity contribution in [2.24, 2.45) is 10.8 Å². The average molecular weight is 463 g/mol. The van der Waals surface area contributed by atoms with Crippen LogP contribution in [-0.2, 0) is 28.8 Å². The second-order valence-electron chi connectivity index (χ2n) is 8.56. The van der Waals surface area contributed by atoms with Gasteiger partial charge in [0.05, 0.1) is 10.8 Å². The molecule has 0 radical (unpaired) electrons. The molecule has 0 aliphatic heterocycles. The Kier molecular flexibility index (Phi) is 14.0. The van der Waals surface area contributed by atoms with Gasteiger partial charge in [0.2, 0.25) is 6.79 Å². The third-order valence-electron chi connectivity index (χ3n) is 4.24. The summed E-state index contributed by atoms with van der Waals surface area (Å²) in [6.07, 6.45) is -0.950. The van der Waals surface area contributed by atoms with Crippen molar-refractivity contribution in [3.63, 3.8) is 0 Å². The maximum Gasteiger partial charge on any atom is 0.450 e. The number of alkyl carbamates (subject to hydrolysis) is 1. The second-order valence-corrected chi connectivity index (χ2v) is 8.56.